The average Bonchev–Trinajstić information content (AvgIpc) is 3.44. The van der Waals surface area contributed by atoms with Crippen molar-refractivity contribution < 1.29 is 17.9 Å². The molecule has 6 nitrogen and oxygen atoms in total. The van der Waals surface area contributed by atoms with Crippen molar-refractivity contribution in [2.75, 3.05) is 26.3 Å². The monoisotopic (exact) mass is 484 g/mol. The molecule has 1 saturated heterocycles. The lowest BCUT2D eigenvalue weighted by Gasteiger charge is -2.35. The van der Waals surface area contributed by atoms with Crippen LogP contribution in [-0.2, 0) is 14.8 Å². The van der Waals surface area contributed by atoms with Crippen molar-refractivity contribution in [1.82, 2.24) is 9.21 Å². The van der Waals surface area contributed by atoms with Crippen molar-refractivity contribution in [3.8, 4) is 0 Å². The van der Waals surface area contributed by atoms with Gasteiger partial charge in [-0.25, -0.2) is 8.42 Å². The van der Waals surface area contributed by atoms with E-state index in [2.05, 4.69) is 20.8 Å². The molecule has 0 unspecified atom stereocenters. The summed E-state index contributed by atoms with van der Waals surface area (Å²) in [5.41, 5.74) is 0.471. The normalized spacial score (nSPS) is 22.2. The van der Waals surface area contributed by atoms with Crippen LogP contribution in [0.4, 0.5) is 0 Å². The van der Waals surface area contributed by atoms with Crippen LogP contribution in [0, 0.1) is 0 Å². The van der Waals surface area contributed by atoms with Crippen molar-refractivity contribution >= 4 is 31.9 Å². The Morgan fingerprint density at radius 3 is 2.10 bits per heavy atom. The Labute approximate surface area is 181 Å². The summed E-state index contributed by atoms with van der Waals surface area (Å²) in [6.45, 7) is 1.46. The summed E-state index contributed by atoms with van der Waals surface area (Å²) in [7, 11) is -3.68. The number of ether oxygens (including phenoxy) is 1. The van der Waals surface area contributed by atoms with Crippen LogP contribution in [0.5, 0.6) is 0 Å². The molecule has 0 spiro atoms. The lowest BCUT2D eigenvalue weighted by molar-refractivity contribution is 0.0580. The maximum atomic E-state index is 13.6. The van der Waals surface area contributed by atoms with Gasteiger partial charge in [-0.15, -0.1) is 0 Å². The van der Waals surface area contributed by atoms with Gasteiger partial charge in [-0.05, 0) is 59.8 Å². The molecular weight excluding hydrogens is 456 g/mol. The Bertz CT molecular complexity index is 826. The Kier molecular flexibility index (Phi) is 6.63. The number of amides is 1. The molecule has 3 fully saturated rings. The Morgan fingerprint density at radius 2 is 1.55 bits per heavy atom. The minimum absolute atomic E-state index is 0.0188. The standard InChI is InChI=1S/C21H29BrN2O4S/c22-19-10-9-16(15-20(19)29(26,27)23-11-13-28-14-12-23)21(25)24(17-5-1-2-6-17)18-7-3-4-8-18/h9-10,15,17-18H,1-8,11-14H2. The molecular formula is C21H29BrN2O4S. The molecule has 1 amide bonds. The van der Waals surface area contributed by atoms with Crippen LogP contribution in [0.2, 0.25) is 0 Å². The number of nitrogens with zero attached hydrogens (tertiary/aromatic N) is 2. The van der Waals surface area contributed by atoms with Gasteiger partial charge in [-0.1, -0.05) is 25.7 Å². The molecule has 1 aliphatic heterocycles. The predicted molar refractivity (Wildman–Crippen MR) is 114 cm³/mol. The Hall–Kier alpha value is -0.960. The highest BCUT2D eigenvalue weighted by atomic mass is 79.9. The molecule has 1 aromatic rings. The maximum absolute atomic E-state index is 13.6. The number of carbonyl (C=O) groups is 1. The second kappa shape index (κ2) is 9.04. The minimum Gasteiger partial charge on any atom is -0.379 e. The molecule has 0 bridgehead atoms. The molecule has 1 aromatic carbocycles. The van der Waals surface area contributed by atoms with Crippen molar-refractivity contribution in [3.05, 3.63) is 28.2 Å². The molecule has 4 rings (SSSR count). The van der Waals surface area contributed by atoms with Gasteiger partial charge in [0.1, 0.15) is 0 Å². The highest BCUT2D eigenvalue weighted by Crippen LogP contribution is 2.34. The Morgan fingerprint density at radius 1 is 1.00 bits per heavy atom. The van der Waals surface area contributed by atoms with E-state index in [1.165, 1.54) is 4.31 Å². The van der Waals surface area contributed by atoms with Crippen molar-refractivity contribution in [2.24, 2.45) is 0 Å². The van der Waals surface area contributed by atoms with Crippen molar-refractivity contribution in [2.45, 2.75) is 68.3 Å². The van der Waals surface area contributed by atoms with E-state index in [0.29, 0.717) is 36.3 Å². The Balaban J connectivity index is 1.65. The second-order valence-corrected chi connectivity index (χ2v) is 11.0. The lowest BCUT2D eigenvalue weighted by atomic mass is 10.1. The van der Waals surface area contributed by atoms with E-state index < -0.39 is 10.0 Å². The maximum Gasteiger partial charge on any atom is 0.254 e. The van der Waals surface area contributed by atoms with Gasteiger partial charge in [0, 0.05) is 35.2 Å². The SMILES string of the molecule is O=C(c1ccc(Br)c(S(=O)(=O)N2CCOCC2)c1)N(C1CCCC1)C1CCCC1. The smallest absolute Gasteiger partial charge is 0.254 e. The third kappa shape index (κ3) is 4.40. The van der Waals surface area contributed by atoms with E-state index in [4.69, 9.17) is 4.74 Å². The molecule has 2 aliphatic carbocycles. The number of benzene rings is 1. The summed E-state index contributed by atoms with van der Waals surface area (Å²) >= 11 is 3.39. The van der Waals surface area contributed by atoms with Crippen LogP contribution in [0.15, 0.2) is 27.6 Å². The molecule has 0 aromatic heterocycles. The zero-order valence-electron chi connectivity index (χ0n) is 16.7. The molecule has 1 heterocycles. The summed E-state index contributed by atoms with van der Waals surface area (Å²) in [6.07, 6.45) is 8.87. The van der Waals surface area contributed by atoms with E-state index in [-0.39, 0.29) is 22.9 Å². The number of sulfonamides is 1. The van der Waals surface area contributed by atoms with E-state index in [9.17, 15) is 13.2 Å². The zero-order valence-corrected chi connectivity index (χ0v) is 19.1. The fraction of sp³-hybridized carbons (Fsp3) is 0.667. The molecule has 2 saturated carbocycles. The van der Waals surface area contributed by atoms with Crippen LogP contribution in [0.1, 0.15) is 61.7 Å². The number of carbonyl (C=O) groups excluding carboxylic acids is 1. The fourth-order valence-electron chi connectivity index (χ4n) is 4.90. The van der Waals surface area contributed by atoms with Gasteiger partial charge in [0.25, 0.3) is 5.91 Å². The topological polar surface area (TPSA) is 66.9 Å². The summed E-state index contributed by atoms with van der Waals surface area (Å²) in [5.74, 6) is -0.0188. The third-order valence-electron chi connectivity index (χ3n) is 6.44. The summed E-state index contributed by atoms with van der Waals surface area (Å²) in [4.78, 5) is 15.8. The van der Waals surface area contributed by atoms with Gasteiger partial charge < -0.3 is 9.64 Å². The molecule has 29 heavy (non-hydrogen) atoms. The first-order valence-electron chi connectivity index (χ1n) is 10.7. The van der Waals surface area contributed by atoms with Gasteiger partial charge in [-0.3, -0.25) is 4.79 Å². The van der Waals surface area contributed by atoms with Crippen LogP contribution in [0.25, 0.3) is 0 Å². The third-order valence-corrected chi connectivity index (χ3v) is 9.33. The summed E-state index contributed by atoms with van der Waals surface area (Å²) in [6, 6.07) is 5.58. The molecule has 160 valence electrons. The van der Waals surface area contributed by atoms with E-state index >= 15 is 0 Å². The number of halogens is 1. The van der Waals surface area contributed by atoms with E-state index in [1.54, 1.807) is 18.2 Å². The quantitative estimate of drug-likeness (QED) is 0.637. The zero-order chi connectivity index (χ0) is 20.4. The number of hydrogen-bond acceptors (Lipinski definition) is 4. The van der Waals surface area contributed by atoms with Crippen LogP contribution >= 0.6 is 15.9 Å². The number of rotatable bonds is 5. The van der Waals surface area contributed by atoms with Crippen LogP contribution < -0.4 is 0 Å². The summed E-state index contributed by atoms with van der Waals surface area (Å²) in [5, 5.41) is 0. The molecule has 0 N–H and O–H groups in total. The van der Waals surface area contributed by atoms with Crippen molar-refractivity contribution in [3.63, 3.8) is 0 Å². The van der Waals surface area contributed by atoms with Crippen molar-refractivity contribution in [1.29, 1.82) is 0 Å². The molecule has 0 radical (unpaired) electrons. The lowest BCUT2D eigenvalue weighted by Crippen LogP contribution is -2.45. The average molecular weight is 485 g/mol. The first-order valence-corrected chi connectivity index (χ1v) is 12.9. The second-order valence-electron chi connectivity index (χ2n) is 8.25. The largest absolute Gasteiger partial charge is 0.379 e. The van der Waals surface area contributed by atoms with Gasteiger partial charge in [-0.2, -0.15) is 4.31 Å². The first-order chi connectivity index (χ1) is 14.0. The molecule has 0 atom stereocenters. The van der Waals surface area contributed by atoms with E-state index in [0.717, 1.165) is 51.4 Å². The van der Waals surface area contributed by atoms with Gasteiger partial charge in [0.2, 0.25) is 10.0 Å². The highest BCUT2D eigenvalue weighted by Gasteiger charge is 2.35. The fourth-order valence-corrected chi connectivity index (χ4v) is 7.26. The van der Waals surface area contributed by atoms with Gasteiger partial charge in [0.05, 0.1) is 18.1 Å². The van der Waals surface area contributed by atoms with Crippen LogP contribution in [-0.4, -0.2) is 61.9 Å². The molecule has 8 heteroatoms. The van der Waals surface area contributed by atoms with E-state index in [1.807, 2.05) is 0 Å². The minimum atomic E-state index is -3.68. The van der Waals surface area contributed by atoms with Gasteiger partial charge in [0.15, 0.2) is 0 Å². The number of morpholine rings is 1. The van der Waals surface area contributed by atoms with Gasteiger partial charge >= 0.3 is 0 Å². The first kappa shape index (κ1) is 21.3. The highest BCUT2D eigenvalue weighted by molar-refractivity contribution is 9.10. The molecule has 3 aliphatic rings. The van der Waals surface area contributed by atoms with Crippen LogP contribution in [0.3, 0.4) is 0 Å². The summed E-state index contributed by atoms with van der Waals surface area (Å²) < 4.78 is 33.6. The predicted octanol–water partition coefficient (Wildman–Crippen LogP) is 3.80. The number of hydrogen-bond donors (Lipinski definition) is 0.